The van der Waals surface area contributed by atoms with E-state index in [9.17, 15) is 5.11 Å². The first-order chi connectivity index (χ1) is 6.86. The zero-order chi connectivity index (χ0) is 9.80. The van der Waals surface area contributed by atoms with Gasteiger partial charge in [0.25, 0.3) is 0 Å². The van der Waals surface area contributed by atoms with Gasteiger partial charge in [-0.05, 0) is 25.1 Å². The number of benzene rings is 1. The van der Waals surface area contributed by atoms with E-state index in [0.29, 0.717) is 5.75 Å². The summed E-state index contributed by atoms with van der Waals surface area (Å²) in [7, 11) is 0. The van der Waals surface area contributed by atoms with E-state index in [0.717, 1.165) is 38.3 Å². The third-order valence-corrected chi connectivity index (χ3v) is 2.53. The van der Waals surface area contributed by atoms with Crippen LogP contribution in [0.4, 0.5) is 5.69 Å². The average molecular weight is 192 g/mol. The highest BCUT2D eigenvalue weighted by Crippen LogP contribution is 2.20. The van der Waals surface area contributed by atoms with Gasteiger partial charge in [0, 0.05) is 31.4 Å². The van der Waals surface area contributed by atoms with E-state index >= 15 is 0 Å². The van der Waals surface area contributed by atoms with Crippen molar-refractivity contribution in [2.45, 2.75) is 6.42 Å². The van der Waals surface area contributed by atoms with Gasteiger partial charge in [0.1, 0.15) is 5.75 Å². The van der Waals surface area contributed by atoms with Crippen LogP contribution < -0.4 is 10.2 Å². The fourth-order valence-corrected chi connectivity index (χ4v) is 1.79. The molecule has 76 valence electrons. The molecule has 0 amide bonds. The van der Waals surface area contributed by atoms with Crippen LogP contribution in [0.5, 0.6) is 5.75 Å². The van der Waals surface area contributed by atoms with Crippen molar-refractivity contribution in [3.8, 4) is 5.75 Å². The van der Waals surface area contributed by atoms with E-state index in [2.05, 4.69) is 10.2 Å². The molecule has 0 saturated carbocycles. The summed E-state index contributed by atoms with van der Waals surface area (Å²) in [6.45, 7) is 4.20. The Morgan fingerprint density at radius 3 is 3.00 bits per heavy atom. The summed E-state index contributed by atoms with van der Waals surface area (Å²) in [5.74, 6) is 0.347. The van der Waals surface area contributed by atoms with Crippen LogP contribution in [0, 0.1) is 0 Å². The van der Waals surface area contributed by atoms with Crippen LogP contribution >= 0.6 is 0 Å². The molecule has 0 radical (unpaired) electrons. The van der Waals surface area contributed by atoms with Crippen molar-refractivity contribution in [2.75, 3.05) is 31.1 Å². The Balaban J connectivity index is 2.12. The lowest BCUT2D eigenvalue weighted by molar-refractivity contribution is 0.475. The number of anilines is 1. The van der Waals surface area contributed by atoms with Gasteiger partial charge < -0.3 is 15.3 Å². The molecule has 2 N–H and O–H groups in total. The SMILES string of the molecule is Oc1cccc(N2CCCNCC2)c1. The van der Waals surface area contributed by atoms with Gasteiger partial charge in [-0.1, -0.05) is 6.07 Å². The Morgan fingerprint density at radius 1 is 1.21 bits per heavy atom. The summed E-state index contributed by atoms with van der Waals surface area (Å²) >= 11 is 0. The number of hydrogen-bond donors (Lipinski definition) is 2. The second kappa shape index (κ2) is 4.33. The standard InChI is InChI=1S/C11H16N2O/c14-11-4-1-3-10(9-11)13-7-2-5-12-6-8-13/h1,3-4,9,12,14H,2,5-8H2. The Morgan fingerprint density at radius 2 is 2.14 bits per heavy atom. The third-order valence-electron chi connectivity index (χ3n) is 2.53. The van der Waals surface area contributed by atoms with Crippen LogP contribution in [0.2, 0.25) is 0 Å². The molecule has 3 nitrogen and oxygen atoms in total. The summed E-state index contributed by atoms with van der Waals surface area (Å²) < 4.78 is 0. The molecule has 2 rings (SSSR count). The number of phenols is 1. The van der Waals surface area contributed by atoms with Gasteiger partial charge in [-0.25, -0.2) is 0 Å². The molecule has 0 spiro atoms. The van der Waals surface area contributed by atoms with Crippen molar-refractivity contribution < 1.29 is 5.11 Å². The molecule has 0 atom stereocenters. The van der Waals surface area contributed by atoms with Crippen LogP contribution in [-0.2, 0) is 0 Å². The number of aromatic hydroxyl groups is 1. The molecule has 1 fully saturated rings. The van der Waals surface area contributed by atoms with Gasteiger partial charge in [0.05, 0.1) is 0 Å². The van der Waals surface area contributed by atoms with E-state index < -0.39 is 0 Å². The number of hydrogen-bond acceptors (Lipinski definition) is 3. The van der Waals surface area contributed by atoms with E-state index in [1.54, 1.807) is 6.07 Å². The lowest BCUT2D eigenvalue weighted by Gasteiger charge is -2.22. The number of phenolic OH excluding ortho intramolecular Hbond substituents is 1. The van der Waals surface area contributed by atoms with Crippen molar-refractivity contribution in [1.29, 1.82) is 0 Å². The lowest BCUT2D eigenvalue weighted by atomic mass is 10.2. The van der Waals surface area contributed by atoms with Crippen molar-refractivity contribution in [2.24, 2.45) is 0 Å². The summed E-state index contributed by atoms with van der Waals surface area (Å²) in [6, 6.07) is 7.47. The predicted molar refractivity (Wildman–Crippen MR) is 57.8 cm³/mol. The molecule has 0 aromatic heterocycles. The monoisotopic (exact) mass is 192 g/mol. The van der Waals surface area contributed by atoms with E-state index in [1.807, 2.05) is 18.2 Å². The normalized spacial score (nSPS) is 17.9. The topological polar surface area (TPSA) is 35.5 Å². The maximum absolute atomic E-state index is 9.37. The highest BCUT2D eigenvalue weighted by atomic mass is 16.3. The maximum atomic E-state index is 9.37. The molecular weight excluding hydrogens is 176 g/mol. The maximum Gasteiger partial charge on any atom is 0.117 e. The third kappa shape index (κ3) is 2.17. The van der Waals surface area contributed by atoms with Crippen LogP contribution in [0.1, 0.15) is 6.42 Å². The number of nitrogens with one attached hydrogen (secondary N) is 1. The van der Waals surface area contributed by atoms with Gasteiger partial charge in [-0.15, -0.1) is 0 Å². The van der Waals surface area contributed by atoms with Gasteiger partial charge >= 0.3 is 0 Å². The van der Waals surface area contributed by atoms with Gasteiger partial charge in [-0.3, -0.25) is 0 Å². The molecule has 1 aromatic carbocycles. The lowest BCUT2D eigenvalue weighted by Crippen LogP contribution is -2.27. The fourth-order valence-electron chi connectivity index (χ4n) is 1.79. The molecule has 0 aliphatic carbocycles. The van der Waals surface area contributed by atoms with E-state index in [1.165, 1.54) is 0 Å². The van der Waals surface area contributed by atoms with Gasteiger partial charge in [0.15, 0.2) is 0 Å². The molecule has 14 heavy (non-hydrogen) atoms. The Hall–Kier alpha value is -1.22. The predicted octanol–water partition coefficient (Wildman–Crippen LogP) is 1.19. The van der Waals surface area contributed by atoms with Gasteiger partial charge in [0.2, 0.25) is 0 Å². The Labute approximate surface area is 84.4 Å². The van der Waals surface area contributed by atoms with Crippen LogP contribution in [0.15, 0.2) is 24.3 Å². The highest BCUT2D eigenvalue weighted by Gasteiger charge is 2.09. The number of nitrogens with zero attached hydrogens (tertiary/aromatic N) is 1. The van der Waals surface area contributed by atoms with Crippen molar-refractivity contribution in [1.82, 2.24) is 5.32 Å². The molecule has 1 heterocycles. The zero-order valence-corrected chi connectivity index (χ0v) is 8.24. The smallest absolute Gasteiger partial charge is 0.117 e. The summed E-state index contributed by atoms with van der Waals surface area (Å²) in [5.41, 5.74) is 1.12. The van der Waals surface area contributed by atoms with Crippen LogP contribution in [-0.4, -0.2) is 31.3 Å². The summed E-state index contributed by atoms with van der Waals surface area (Å²) in [5, 5.41) is 12.7. The first kappa shape index (κ1) is 9.34. The first-order valence-corrected chi connectivity index (χ1v) is 5.11. The largest absolute Gasteiger partial charge is 0.508 e. The Kier molecular flexibility index (Phi) is 2.89. The van der Waals surface area contributed by atoms with Crippen LogP contribution in [0.3, 0.4) is 0 Å². The minimum Gasteiger partial charge on any atom is -0.508 e. The fraction of sp³-hybridized carbons (Fsp3) is 0.455. The van der Waals surface area contributed by atoms with Gasteiger partial charge in [-0.2, -0.15) is 0 Å². The molecule has 1 aliphatic rings. The Bertz CT molecular complexity index is 293. The molecule has 0 bridgehead atoms. The molecule has 0 unspecified atom stereocenters. The quantitative estimate of drug-likeness (QED) is 0.701. The zero-order valence-electron chi connectivity index (χ0n) is 8.24. The molecular formula is C11H16N2O. The van der Waals surface area contributed by atoms with E-state index in [4.69, 9.17) is 0 Å². The average Bonchev–Trinajstić information content (AvgIpc) is 2.45. The van der Waals surface area contributed by atoms with Crippen molar-refractivity contribution in [3.05, 3.63) is 24.3 Å². The highest BCUT2D eigenvalue weighted by molar-refractivity contribution is 5.50. The molecule has 1 aromatic rings. The molecule has 1 aliphatic heterocycles. The van der Waals surface area contributed by atoms with Crippen molar-refractivity contribution in [3.63, 3.8) is 0 Å². The second-order valence-corrected chi connectivity index (χ2v) is 3.61. The second-order valence-electron chi connectivity index (χ2n) is 3.61. The molecule has 1 saturated heterocycles. The minimum absolute atomic E-state index is 0.347. The molecule has 3 heteroatoms. The minimum atomic E-state index is 0.347. The summed E-state index contributed by atoms with van der Waals surface area (Å²) in [4.78, 5) is 2.31. The van der Waals surface area contributed by atoms with Crippen LogP contribution in [0.25, 0.3) is 0 Å². The summed E-state index contributed by atoms with van der Waals surface area (Å²) in [6.07, 6.45) is 1.16. The van der Waals surface area contributed by atoms with E-state index in [-0.39, 0.29) is 0 Å². The number of rotatable bonds is 1. The first-order valence-electron chi connectivity index (χ1n) is 5.11. The van der Waals surface area contributed by atoms with Crippen molar-refractivity contribution >= 4 is 5.69 Å².